The zero-order valence-electron chi connectivity index (χ0n) is 11.4. The van der Waals surface area contributed by atoms with Crippen molar-refractivity contribution in [2.24, 2.45) is 11.7 Å². The van der Waals surface area contributed by atoms with Gasteiger partial charge in [0.05, 0.1) is 0 Å². The molecule has 0 aromatic carbocycles. The van der Waals surface area contributed by atoms with Crippen LogP contribution in [0.1, 0.15) is 38.8 Å². The molecule has 3 nitrogen and oxygen atoms in total. The minimum atomic E-state index is 0.284. The fourth-order valence-electron chi connectivity index (χ4n) is 2.28. The molecule has 0 saturated heterocycles. The summed E-state index contributed by atoms with van der Waals surface area (Å²) in [7, 11) is 2.16. The third kappa shape index (κ3) is 4.10. The summed E-state index contributed by atoms with van der Waals surface area (Å²) in [5, 5.41) is 0. The van der Waals surface area contributed by atoms with E-state index in [0.29, 0.717) is 18.5 Å². The molecule has 1 rings (SSSR count). The first-order valence-corrected chi connectivity index (χ1v) is 6.38. The first-order chi connectivity index (χ1) is 8.06. The highest BCUT2D eigenvalue weighted by Gasteiger charge is 2.20. The highest BCUT2D eigenvalue weighted by Crippen LogP contribution is 2.22. The second-order valence-corrected chi connectivity index (χ2v) is 5.18. The Morgan fingerprint density at radius 1 is 1.24 bits per heavy atom. The molecule has 17 heavy (non-hydrogen) atoms. The zero-order chi connectivity index (χ0) is 12.8. The van der Waals surface area contributed by atoms with Crippen LogP contribution < -0.4 is 5.73 Å². The van der Waals surface area contributed by atoms with Gasteiger partial charge < -0.3 is 5.73 Å². The first kappa shape index (κ1) is 14.1. The van der Waals surface area contributed by atoms with Crippen molar-refractivity contribution in [2.75, 3.05) is 13.6 Å². The van der Waals surface area contributed by atoms with E-state index in [1.54, 1.807) is 0 Å². The molecular formula is C14H25N3. The summed E-state index contributed by atoms with van der Waals surface area (Å²) < 4.78 is 0. The smallest absolute Gasteiger partial charge is 0.0471 e. The van der Waals surface area contributed by atoms with Crippen molar-refractivity contribution >= 4 is 0 Å². The van der Waals surface area contributed by atoms with Crippen LogP contribution in [0.5, 0.6) is 0 Å². The second kappa shape index (κ2) is 6.72. The highest BCUT2D eigenvalue weighted by molar-refractivity contribution is 5.15. The Balaban J connectivity index is 2.74. The molecule has 1 aromatic rings. The van der Waals surface area contributed by atoms with Gasteiger partial charge in [0.25, 0.3) is 0 Å². The number of nitrogens with two attached hydrogens (primary N) is 1. The van der Waals surface area contributed by atoms with Crippen LogP contribution in [0.4, 0.5) is 0 Å². The maximum absolute atomic E-state index is 5.91. The van der Waals surface area contributed by atoms with Gasteiger partial charge in [0.15, 0.2) is 0 Å². The second-order valence-electron chi connectivity index (χ2n) is 5.18. The molecule has 2 unspecified atom stereocenters. The van der Waals surface area contributed by atoms with E-state index >= 15 is 0 Å². The predicted octanol–water partition coefficient (Wildman–Crippen LogP) is 2.45. The topological polar surface area (TPSA) is 42.1 Å². The van der Waals surface area contributed by atoms with Crippen LogP contribution >= 0.6 is 0 Å². The fraction of sp³-hybridized carbons (Fsp3) is 0.643. The van der Waals surface area contributed by atoms with Crippen LogP contribution in [0.2, 0.25) is 0 Å². The largest absolute Gasteiger partial charge is 0.329 e. The van der Waals surface area contributed by atoms with Gasteiger partial charge in [-0.25, -0.2) is 0 Å². The minimum absolute atomic E-state index is 0.284. The molecule has 0 aliphatic rings. The Labute approximate surface area is 105 Å². The summed E-state index contributed by atoms with van der Waals surface area (Å²) in [6.45, 7) is 7.43. The Morgan fingerprint density at radius 2 is 1.82 bits per heavy atom. The molecule has 2 atom stereocenters. The lowest BCUT2D eigenvalue weighted by Crippen LogP contribution is -2.37. The lowest BCUT2D eigenvalue weighted by Gasteiger charge is -2.33. The van der Waals surface area contributed by atoms with Crippen LogP contribution in [0, 0.1) is 5.92 Å². The van der Waals surface area contributed by atoms with E-state index in [9.17, 15) is 0 Å². The fourth-order valence-corrected chi connectivity index (χ4v) is 2.28. The molecule has 1 heterocycles. The lowest BCUT2D eigenvalue weighted by atomic mass is 10.0. The molecule has 96 valence electrons. The molecule has 0 aliphatic heterocycles. The number of aromatic nitrogens is 1. The van der Waals surface area contributed by atoms with E-state index in [1.807, 2.05) is 12.4 Å². The van der Waals surface area contributed by atoms with Gasteiger partial charge in [-0.2, -0.15) is 0 Å². The molecule has 0 spiro atoms. The maximum Gasteiger partial charge on any atom is 0.0471 e. The first-order valence-electron chi connectivity index (χ1n) is 6.38. The summed E-state index contributed by atoms with van der Waals surface area (Å²) in [6.07, 6.45) is 4.86. The normalized spacial score (nSPS) is 15.2. The van der Waals surface area contributed by atoms with E-state index < -0.39 is 0 Å². The number of hydrogen-bond donors (Lipinski definition) is 1. The van der Waals surface area contributed by atoms with E-state index in [1.165, 1.54) is 12.0 Å². The Hall–Kier alpha value is -0.930. The van der Waals surface area contributed by atoms with Crippen LogP contribution in [0.3, 0.4) is 0 Å². The monoisotopic (exact) mass is 235 g/mol. The molecule has 0 amide bonds. The number of pyridine rings is 1. The van der Waals surface area contributed by atoms with E-state index in [2.05, 4.69) is 49.8 Å². The van der Waals surface area contributed by atoms with Gasteiger partial charge in [0, 0.05) is 31.0 Å². The average Bonchev–Trinajstić information content (AvgIpc) is 2.30. The van der Waals surface area contributed by atoms with Gasteiger partial charge in [-0.3, -0.25) is 9.88 Å². The SMILES string of the molecule is CC(C)CC(C)N(C)C(CN)c1ccncc1. The van der Waals surface area contributed by atoms with Crippen molar-refractivity contribution in [3.05, 3.63) is 30.1 Å². The highest BCUT2D eigenvalue weighted by atomic mass is 15.2. The Kier molecular flexibility index (Phi) is 5.59. The molecule has 0 saturated carbocycles. The van der Waals surface area contributed by atoms with E-state index in [4.69, 9.17) is 5.73 Å². The standard InChI is InChI=1S/C14H25N3/c1-11(2)9-12(3)17(4)14(10-15)13-5-7-16-8-6-13/h5-8,11-12,14H,9-10,15H2,1-4H3. The average molecular weight is 235 g/mol. The van der Waals surface area contributed by atoms with E-state index in [0.717, 1.165) is 0 Å². The minimum Gasteiger partial charge on any atom is -0.329 e. The van der Waals surface area contributed by atoms with Crippen LogP contribution in [-0.4, -0.2) is 29.5 Å². The third-order valence-corrected chi connectivity index (χ3v) is 3.31. The molecular weight excluding hydrogens is 210 g/mol. The molecule has 0 fully saturated rings. The summed E-state index contributed by atoms with van der Waals surface area (Å²) in [5.41, 5.74) is 7.16. The van der Waals surface area contributed by atoms with Gasteiger partial charge in [-0.1, -0.05) is 13.8 Å². The predicted molar refractivity (Wildman–Crippen MR) is 72.7 cm³/mol. The van der Waals surface area contributed by atoms with Crippen molar-refractivity contribution in [1.29, 1.82) is 0 Å². The molecule has 0 radical (unpaired) electrons. The maximum atomic E-state index is 5.91. The third-order valence-electron chi connectivity index (χ3n) is 3.31. The number of hydrogen-bond acceptors (Lipinski definition) is 3. The van der Waals surface area contributed by atoms with Crippen molar-refractivity contribution < 1.29 is 0 Å². The van der Waals surface area contributed by atoms with Crippen molar-refractivity contribution in [2.45, 2.75) is 39.3 Å². The van der Waals surface area contributed by atoms with Crippen LogP contribution in [-0.2, 0) is 0 Å². The molecule has 3 heteroatoms. The quantitative estimate of drug-likeness (QED) is 0.823. The van der Waals surface area contributed by atoms with E-state index in [-0.39, 0.29) is 6.04 Å². The van der Waals surface area contributed by atoms with Gasteiger partial charge in [-0.15, -0.1) is 0 Å². The summed E-state index contributed by atoms with van der Waals surface area (Å²) >= 11 is 0. The van der Waals surface area contributed by atoms with Gasteiger partial charge in [0.2, 0.25) is 0 Å². The Bertz CT molecular complexity index is 311. The Morgan fingerprint density at radius 3 is 2.29 bits per heavy atom. The van der Waals surface area contributed by atoms with Crippen molar-refractivity contribution in [1.82, 2.24) is 9.88 Å². The van der Waals surface area contributed by atoms with Gasteiger partial charge >= 0.3 is 0 Å². The lowest BCUT2D eigenvalue weighted by molar-refractivity contribution is 0.168. The number of likely N-dealkylation sites (N-methyl/N-ethyl adjacent to an activating group) is 1. The van der Waals surface area contributed by atoms with Crippen LogP contribution in [0.25, 0.3) is 0 Å². The molecule has 0 bridgehead atoms. The van der Waals surface area contributed by atoms with Crippen molar-refractivity contribution in [3.63, 3.8) is 0 Å². The summed E-state index contributed by atoms with van der Waals surface area (Å²) in [4.78, 5) is 6.43. The molecule has 0 aliphatic carbocycles. The summed E-state index contributed by atoms with van der Waals surface area (Å²) in [6, 6.07) is 4.93. The zero-order valence-corrected chi connectivity index (χ0v) is 11.4. The van der Waals surface area contributed by atoms with Gasteiger partial charge in [-0.05, 0) is 44.0 Å². The van der Waals surface area contributed by atoms with Crippen molar-refractivity contribution in [3.8, 4) is 0 Å². The summed E-state index contributed by atoms with van der Waals surface area (Å²) in [5.74, 6) is 0.711. The number of rotatable bonds is 6. The van der Waals surface area contributed by atoms with Gasteiger partial charge in [0.1, 0.15) is 0 Å². The molecule has 2 N–H and O–H groups in total. The number of nitrogens with zero attached hydrogens (tertiary/aromatic N) is 2. The molecule has 1 aromatic heterocycles. The van der Waals surface area contributed by atoms with Crippen LogP contribution in [0.15, 0.2) is 24.5 Å².